The summed E-state index contributed by atoms with van der Waals surface area (Å²) in [7, 11) is -5.93. The molecule has 0 saturated carbocycles. The summed E-state index contributed by atoms with van der Waals surface area (Å²) in [4.78, 5) is 19.2. The van der Waals surface area contributed by atoms with Crippen molar-refractivity contribution < 1.29 is 31.8 Å². The van der Waals surface area contributed by atoms with Gasteiger partial charge in [-0.3, -0.25) is 4.72 Å². The Balaban J connectivity index is 1.28. The molecule has 6 rings (SSSR count). The minimum atomic E-state index is -3.66. The average Bonchev–Trinajstić information content (AvgIpc) is 3.58. The topological polar surface area (TPSA) is 119 Å². The molecule has 56 heavy (non-hydrogen) atoms. The van der Waals surface area contributed by atoms with Gasteiger partial charge in [-0.2, -0.15) is 0 Å². The lowest BCUT2D eigenvalue weighted by molar-refractivity contribution is 0.0665. The summed E-state index contributed by atoms with van der Waals surface area (Å²) in [6, 6.07) is 33.5. The molecule has 0 radical (unpaired) electrons. The maximum absolute atomic E-state index is 14.0. The summed E-state index contributed by atoms with van der Waals surface area (Å²) >= 11 is 0. The van der Waals surface area contributed by atoms with Crippen molar-refractivity contribution in [2.45, 2.75) is 83.9 Å². The number of sulfonamides is 1. The molecule has 0 fully saturated rings. The number of hydrogen-bond donors (Lipinski definition) is 2. The second-order valence-electron chi connectivity index (χ2n) is 14.6. The van der Waals surface area contributed by atoms with Gasteiger partial charge in [-0.05, 0) is 90.3 Å². The molecule has 1 atom stereocenters. The van der Waals surface area contributed by atoms with Gasteiger partial charge in [0.2, 0.25) is 10.0 Å². The molecule has 12 heteroatoms. The summed E-state index contributed by atoms with van der Waals surface area (Å²) < 4.78 is 53.4. The van der Waals surface area contributed by atoms with Crippen molar-refractivity contribution >= 4 is 41.0 Å². The van der Waals surface area contributed by atoms with Crippen LogP contribution in [-0.2, 0) is 45.2 Å². The highest BCUT2D eigenvalue weighted by Crippen LogP contribution is 2.36. The van der Waals surface area contributed by atoms with E-state index < -0.39 is 30.5 Å². The lowest BCUT2D eigenvalue weighted by Gasteiger charge is -2.36. The average molecular weight is 798 g/mol. The third-order valence-electron chi connectivity index (χ3n) is 10.8. The zero-order chi connectivity index (χ0) is 39.5. The number of carbonyl (C=O) groups excluding carboxylic acids is 1. The van der Waals surface area contributed by atoms with Crippen molar-refractivity contribution in [1.29, 1.82) is 0 Å². The molecule has 10 nitrogen and oxygen atoms in total. The molecule has 1 unspecified atom stereocenters. The van der Waals surface area contributed by atoms with Crippen molar-refractivity contribution in [2.75, 3.05) is 30.7 Å². The maximum atomic E-state index is 14.0. The van der Waals surface area contributed by atoms with Gasteiger partial charge in [-0.25, -0.2) is 13.2 Å². The van der Waals surface area contributed by atoms with E-state index in [0.717, 1.165) is 65.2 Å². The normalized spacial score (nSPS) is 13.5. The number of nitrogens with one attached hydrogen (secondary N) is 2. The highest BCUT2D eigenvalue weighted by molar-refractivity contribution is 7.92. The van der Waals surface area contributed by atoms with E-state index in [4.69, 9.17) is 18.6 Å². The lowest BCUT2D eigenvalue weighted by Crippen LogP contribution is -2.43. The smallest absolute Gasteiger partial charge is 0.410 e. The van der Waals surface area contributed by atoms with Crippen LogP contribution in [0.2, 0.25) is 18.1 Å². The van der Waals surface area contributed by atoms with Gasteiger partial charge in [-0.15, -0.1) is 0 Å². The van der Waals surface area contributed by atoms with Crippen LogP contribution in [0.1, 0.15) is 67.7 Å². The first-order chi connectivity index (χ1) is 27.1. The maximum Gasteiger partial charge on any atom is 0.410 e. The number of aromatic nitrogens is 1. The van der Waals surface area contributed by atoms with E-state index in [-0.39, 0.29) is 32.9 Å². The van der Waals surface area contributed by atoms with Crippen molar-refractivity contribution in [3.8, 4) is 11.5 Å². The number of aryl methyl sites for hydroxylation is 2. The first kappa shape index (κ1) is 40.9. The Morgan fingerprint density at radius 3 is 2.20 bits per heavy atom. The van der Waals surface area contributed by atoms with Crippen LogP contribution in [0, 0.1) is 0 Å². The Kier molecular flexibility index (Phi) is 13.8. The minimum absolute atomic E-state index is 0.115. The van der Waals surface area contributed by atoms with E-state index in [2.05, 4.69) is 36.5 Å². The molecule has 4 aromatic carbocycles. The van der Waals surface area contributed by atoms with Crippen LogP contribution in [0.5, 0.6) is 11.5 Å². The number of amides is 1. The van der Waals surface area contributed by atoms with Crippen molar-refractivity contribution in [1.82, 2.24) is 9.88 Å². The van der Waals surface area contributed by atoms with E-state index in [1.165, 1.54) is 29.5 Å². The number of rotatable bonds is 19. The van der Waals surface area contributed by atoms with Gasteiger partial charge < -0.3 is 28.5 Å². The van der Waals surface area contributed by atoms with Crippen LogP contribution in [0.4, 0.5) is 10.5 Å². The Labute approximate surface area is 332 Å². The third kappa shape index (κ3) is 10.7. The molecule has 0 spiro atoms. The lowest BCUT2D eigenvalue weighted by atomic mass is 9.96. The number of aromatic amines is 1. The second kappa shape index (κ2) is 18.9. The number of carbonyl (C=O) groups is 1. The third-order valence-corrected chi connectivity index (χ3v) is 16.0. The molecule has 5 aromatic rings. The molecule has 0 aliphatic heterocycles. The first-order valence-corrected chi connectivity index (χ1v) is 24.2. The molecule has 298 valence electrons. The van der Waals surface area contributed by atoms with Gasteiger partial charge in [0, 0.05) is 22.7 Å². The SMILES string of the molecule is CC[Si](CC)(CC)OC(CN(CCOc1ccc2c3c([nH]c2c1)CCCC3)C(=O)OCc1ccccc1)c1ccc(OCc2ccccc2)c(NS(C)(=O)=O)c1. The number of fused-ring (bicyclic) bond motifs is 3. The van der Waals surface area contributed by atoms with E-state index >= 15 is 0 Å². The molecule has 1 heterocycles. The van der Waals surface area contributed by atoms with Gasteiger partial charge in [-0.1, -0.05) is 87.5 Å². The second-order valence-corrected chi connectivity index (χ2v) is 21.1. The van der Waals surface area contributed by atoms with Gasteiger partial charge in [0.1, 0.15) is 31.3 Å². The summed E-state index contributed by atoms with van der Waals surface area (Å²) in [6.07, 6.45) is 4.60. The number of ether oxygens (including phenoxy) is 3. The Hall–Kier alpha value is -4.78. The molecule has 1 aliphatic carbocycles. The number of H-pyrrole nitrogens is 1. The summed E-state index contributed by atoms with van der Waals surface area (Å²) in [5, 5.41) is 1.25. The Morgan fingerprint density at radius 2 is 1.52 bits per heavy atom. The summed E-state index contributed by atoms with van der Waals surface area (Å²) in [5.74, 6) is 1.11. The predicted molar refractivity (Wildman–Crippen MR) is 225 cm³/mol. The molecule has 0 bridgehead atoms. The fraction of sp³-hybridized carbons (Fsp3) is 0.386. The number of anilines is 1. The molecule has 2 N–H and O–H groups in total. The summed E-state index contributed by atoms with van der Waals surface area (Å²) in [6.45, 7) is 7.47. The van der Waals surface area contributed by atoms with Crippen molar-refractivity contribution in [2.24, 2.45) is 0 Å². The number of nitrogens with zero attached hydrogens (tertiary/aromatic N) is 1. The van der Waals surface area contributed by atoms with Gasteiger partial charge in [0.15, 0.2) is 8.32 Å². The zero-order valence-corrected chi connectivity index (χ0v) is 34.8. The quantitative estimate of drug-likeness (QED) is 0.0799. The Bertz CT molecular complexity index is 2150. The zero-order valence-electron chi connectivity index (χ0n) is 33.0. The number of hydrogen-bond acceptors (Lipinski definition) is 7. The molecule has 0 saturated heterocycles. The van der Waals surface area contributed by atoms with Crippen molar-refractivity contribution in [3.63, 3.8) is 0 Å². The molecule has 1 amide bonds. The highest BCUT2D eigenvalue weighted by Gasteiger charge is 2.35. The van der Waals surface area contributed by atoms with Gasteiger partial charge >= 0.3 is 6.09 Å². The van der Waals surface area contributed by atoms with Crippen LogP contribution in [0.25, 0.3) is 10.9 Å². The van der Waals surface area contributed by atoms with Crippen LogP contribution in [0.15, 0.2) is 97.1 Å². The fourth-order valence-electron chi connectivity index (χ4n) is 7.43. The van der Waals surface area contributed by atoms with E-state index in [0.29, 0.717) is 11.4 Å². The largest absolute Gasteiger partial charge is 0.492 e. The van der Waals surface area contributed by atoms with E-state index in [1.54, 1.807) is 17.0 Å². The molecule has 1 aromatic heterocycles. The fourth-order valence-corrected chi connectivity index (χ4v) is 10.8. The van der Waals surface area contributed by atoms with Gasteiger partial charge in [0.25, 0.3) is 0 Å². The van der Waals surface area contributed by atoms with Crippen molar-refractivity contribution in [3.05, 3.63) is 125 Å². The van der Waals surface area contributed by atoms with Crippen LogP contribution in [-0.4, -0.2) is 58.7 Å². The van der Waals surface area contributed by atoms with Crippen LogP contribution >= 0.6 is 0 Å². The van der Waals surface area contributed by atoms with E-state index in [1.807, 2.05) is 78.9 Å². The molecular formula is C44H55N3O7SSi. The first-order valence-electron chi connectivity index (χ1n) is 19.8. The predicted octanol–water partition coefficient (Wildman–Crippen LogP) is 9.78. The van der Waals surface area contributed by atoms with E-state index in [9.17, 15) is 13.2 Å². The standard InChI is InChI=1S/C44H55N3O7SSi/c1-5-56(6-2,7-3)54-43(35-22-25-42(41(28-35)46-55(4,49)50)52-31-33-16-10-8-11-17-33)30-47(44(48)53-32-34-18-12-9-13-19-34)26-27-51-36-23-24-38-37-20-14-15-21-39(37)45-40(38)29-36/h8-13,16-19,22-25,28-29,43,45-46H,5-7,14-15,20-21,26-27,30-32H2,1-4H3. The molecular weight excluding hydrogens is 743 g/mol. The Morgan fingerprint density at radius 1 is 0.839 bits per heavy atom. The van der Waals surface area contributed by atoms with Crippen LogP contribution < -0.4 is 14.2 Å². The summed E-state index contributed by atoms with van der Waals surface area (Å²) in [5.41, 5.74) is 6.64. The minimum Gasteiger partial charge on any atom is -0.492 e. The van der Waals surface area contributed by atoms with Gasteiger partial charge in [0.05, 0.1) is 31.1 Å². The van der Waals surface area contributed by atoms with Crippen LogP contribution in [0.3, 0.4) is 0 Å². The molecule has 1 aliphatic rings. The number of benzene rings is 4. The monoisotopic (exact) mass is 797 g/mol. The highest BCUT2D eigenvalue weighted by atomic mass is 32.2.